The largest absolute Gasteiger partial charge is 0.495 e. The van der Waals surface area contributed by atoms with Crippen molar-refractivity contribution in [3.63, 3.8) is 0 Å². The molecule has 0 N–H and O–H groups in total. The molecule has 4 rings (SSSR count). The molecule has 4 nitrogen and oxygen atoms in total. The second kappa shape index (κ2) is 5.58. The van der Waals surface area contributed by atoms with Gasteiger partial charge in [0, 0.05) is 13.0 Å². The molecule has 134 valence electrons. The minimum atomic E-state index is -0.334. The predicted octanol–water partition coefficient (Wildman–Crippen LogP) is 2.84. The molecule has 2 aliphatic heterocycles. The van der Waals surface area contributed by atoms with E-state index in [1.807, 2.05) is 0 Å². The van der Waals surface area contributed by atoms with Gasteiger partial charge >= 0.3 is 7.12 Å². The van der Waals surface area contributed by atoms with E-state index in [1.54, 1.807) is 0 Å². The quantitative estimate of drug-likeness (QED) is 0.794. The lowest BCUT2D eigenvalue weighted by molar-refractivity contribution is -0.129. The molecule has 0 radical (unpaired) electrons. The van der Waals surface area contributed by atoms with Crippen molar-refractivity contribution >= 4 is 18.5 Å². The first-order valence-corrected chi connectivity index (χ1v) is 9.52. The molecular formula is C20H28BNO3. The number of rotatable bonds is 3. The van der Waals surface area contributed by atoms with Crippen LogP contribution < -0.4 is 5.46 Å². The smallest absolute Gasteiger partial charge is 0.399 e. The number of fused-ring (bicyclic) bond motifs is 3. The van der Waals surface area contributed by atoms with Gasteiger partial charge in [-0.05, 0) is 63.0 Å². The van der Waals surface area contributed by atoms with Crippen LogP contribution in [0.1, 0.15) is 64.6 Å². The SMILES string of the molecule is CCCN1C(=O)C[C@H]2Cc3c(B4OC(C)(C)C(C)(C)O4)cccc3C21. The molecule has 2 saturated heterocycles. The fraction of sp³-hybridized carbons (Fsp3) is 0.650. The highest BCUT2D eigenvalue weighted by Crippen LogP contribution is 2.47. The van der Waals surface area contributed by atoms with Gasteiger partial charge in [0.2, 0.25) is 5.91 Å². The summed E-state index contributed by atoms with van der Waals surface area (Å²) in [5, 5.41) is 0. The van der Waals surface area contributed by atoms with Crippen molar-refractivity contribution < 1.29 is 14.1 Å². The summed E-state index contributed by atoms with van der Waals surface area (Å²) in [5.74, 6) is 0.709. The zero-order valence-corrected chi connectivity index (χ0v) is 16.0. The Kier molecular flexibility index (Phi) is 3.82. The van der Waals surface area contributed by atoms with Gasteiger partial charge in [0.15, 0.2) is 0 Å². The molecule has 1 amide bonds. The van der Waals surface area contributed by atoms with Crippen LogP contribution in [0.2, 0.25) is 0 Å². The fourth-order valence-electron chi connectivity index (χ4n) is 4.56. The summed E-state index contributed by atoms with van der Waals surface area (Å²) in [5.41, 5.74) is 3.12. The third-order valence-corrected chi connectivity index (χ3v) is 6.54. The van der Waals surface area contributed by atoms with Gasteiger partial charge in [-0.15, -0.1) is 0 Å². The van der Waals surface area contributed by atoms with Crippen LogP contribution in [0, 0.1) is 5.92 Å². The lowest BCUT2D eigenvalue weighted by Gasteiger charge is -2.32. The highest BCUT2D eigenvalue weighted by molar-refractivity contribution is 6.62. The number of carbonyl (C=O) groups excluding carboxylic acids is 1. The van der Waals surface area contributed by atoms with Gasteiger partial charge in [0.25, 0.3) is 0 Å². The number of likely N-dealkylation sites (tertiary alicyclic amines) is 1. The van der Waals surface area contributed by atoms with Crippen molar-refractivity contribution in [3.8, 4) is 0 Å². The number of carbonyl (C=O) groups is 1. The second-order valence-corrected chi connectivity index (χ2v) is 8.70. The minimum Gasteiger partial charge on any atom is -0.399 e. The Balaban J connectivity index is 1.70. The maximum absolute atomic E-state index is 12.4. The van der Waals surface area contributed by atoms with Crippen LogP contribution in [-0.2, 0) is 20.5 Å². The van der Waals surface area contributed by atoms with Crippen LogP contribution in [-0.4, -0.2) is 35.7 Å². The Morgan fingerprint density at radius 3 is 2.48 bits per heavy atom. The molecule has 1 unspecified atom stereocenters. The molecule has 2 fully saturated rings. The van der Waals surface area contributed by atoms with Crippen molar-refractivity contribution in [2.75, 3.05) is 6.54 Å². The lowest BCUT2D eigenvalue weighted by atomic mass is 9.74. The second-order valence-electron chi connectivity index (χ2n) is 8.70. The summed E-state index contributed by atoms with van der Waals surface area (Å²) >= 11 is 0. The van der Waals surface area contributed by atoms with Crippen molar-refractivity contribution in [1.82, 2.24) is 4.90 Å². The van der Waals surface area contributed by atoms with Gasteiger partial charge < -0.3 is 14.2 Å². The number of hydrogen-bond donors (Lipinski definition) is 0. The topological polar surface area (TPSA) is 38.8 Å². The van der Waals surface area contributed by atoms with Gasteiger partial charge in [-0.2, -0.15) is 0 Å². The summed E-state index contributed by atoms with van der Waals surface area (Å²) in [6.45, 7) is 11.3. The Morgan fingerprint density at radius 1 is 1.16 bits per heavy atom. The summed E-state index contributed by atoms with van der Waals surface area (Å²) in [4.78, 5) is 14.5. The van der Waals surface area contributed by atoms with Gasteiger partial charge in [0.1, 0.15) is 0 Å². The molecule has 3 aliphatic rings. The van der Waals surface area contributed by atoms with Crippen LogP contribution in [0.5, 0.6) is 0 Å². The summed E-state index contributed by atoms with van der Waals surface area (Å²) < 4.78 is 12.6. The summed E-state index contributed by atoms with van der Waals surface area (Å²) in [6, 6.07) is 6.66. The number of benzene rings is 1. The van der Waals surface area contributed by atoms with Crippen molar-refractivity contribution in [3.05, 3.63) is 29.3 Å². The first kappa shape index (κ1) is 17.1. The van der Waals surface area contributed by atoms with E-state index in [2.05, 4.69) is 57.7 Å². The highest BCUT2D eigenvalue weighted by Gasteiger charge is 2.54. The summed E-state index contributed by atoms with van der Waals surface area (Å²) in [6.07, 6.45) is 2.62. The molecule has 0 bridgehead atoms. The molecular weight excluding hydrogens is 313 g/mol. The van der Waals surface area contributed by atoms with Crippen LogP contribution in [0.15, 0.2) is 18.2 Å². The van der Waals surface area contributed by atoms with E-state index in [-0.39, 0.29) is 24.4 Å². The van der Waals surface area contributed by atoms with Crippen LogP contribution >= 0.6 is 0 Å². The maximum Gasteiger partial charge on any atom is 0.495 e. The normalized spacial score (nSPS) is 29.2. The molecule has 0 spiro atoms. The average Bonchev–Trinajstić information content (AvgIpc) is 3.09. The molecule has 1 aromatic carbocycles. The Labute approximate surface area is 151 Å². The van der Waals surface area contributed by atoms with Crippen LogP contribution in [0.3, 0.4) is 0 Å². The zero-order valence-electron chi connectivity index (χ0n) is 16.0. The van der Waals surface area contributed by atoms with E-state index in [1.165, 1.54) is 11.1 Å². The van der Waals surface area contributed by atoms with Gasteiger partial charge in [-0.1, -0.05) is 25.1 Å². The zero-order chi connectivity index (χ0) is 18.0. The first-order valence-electron chi connectivity index (χ1n) is 9.52. The van der Waals surface area contributed by atoms with Crippen molar-refractivity contribution in [1.29, 1.82) is 0 Å². The lowest BCUT2D eigenvalue weighted by Crippen LogP contribution is -2.41. The van der Waals surface area contributed by atoms with Crippen LogP contribution in [0.4, 0.5) is 0 Å². The molecule has 2 atom stereocenters. The van der Waals surface area contributed by atoms with Gasteiger partial charge in [0.05, 0.1) is 17.2 Å². The van der Waals surface area contributed by atoms with E-state index in [0.29, 0.717) is 18.2 Å². The Morgan fingerprint density at radius 2 is 1.84 bits per heavy atom. The van der Waals surface area contributed by atoms with E-state index in [0.717, 1.165) is 24.8 Å². The summed E-state index contributed by atoms with van der Waals surface area (Å²) in [7, 11) is -0.325. The van der Waals surface area contributed by atoms with Crippen LogP contribution in [0.25, 0.3) is 0 Å². The number of amides is 1. The van der Waals surface area contributed by atoms with E-state index < -0.39 is 0 Å². The molecule has 1 aliphatic carbocycles. The van der Waals surface area contributed by atoms with Gasteiger partial charge in [-0.25, -0.2) is 0 Å². The van der Waals surface area contributed by atoms with Gasteiger partial charge in [-0.3, -0.25) is 4.79 Å². The number of hydrogen-bond acceptors (Lipinski definition) is 3. The predicted molar refractivity (Wildman–Crippen MR) is 98.7 cm³/mol. The molecule has 0 aromatic heterocycles. The Bertz CT molecular complexity index is 699. The van der Waals surface area contributed by atoms with Crippen molar-refractivity contribution in [2.24, 2.45) is 5.92 Å². The monoisotopic (exact) mass is 341 g/mol. The molecule has 5 heteroatoms. The fourth-order valence-corrected chi connectivity index (χ4v) is 4.56. The molecule has 1 aromatic rings. The van der Waals surface area contributed by atoms with E-state index >= 15 is 0 Å². The third-order valence-electron chi connectivity index (χ3n) is 6.54. The molecule has 2 heterocycles. The molecule has 25 heavy (non-hydrogen) atoms. The van der Waals surface area contributed by atoms with Crippen molar-refractivity contribution in [2.45, 2.75) is 71.1 Å². The van der Waals surface area contributed by atoms with E-state index in [9.17, 15) is 4.79 Å². The third kappa shape index (κ3) is 2.47. The molecule has 0 saturated carbocycles. The number of nitrogens with zero attached hydrogens (tertiary/aromatic N) is 1. The average molecular weight is 341 g/mol. The standard InChI is InChI=1S/C20H28BNO3/c1-6-10-22-17(23)12-13-11-15-14(18(13)22)8-7-9-16(15)21-24-19(2,3)20(4,5)25-21/h7-9,13,18H,6,10-12H2,1-5H3/t13-,18?/m1/s1. The minimum absolute atomic E-state index is 0.241. The first-order chi connectivity index (χ1) is 11.7. The van der Waals surface area contributed by atoms with E-state index in [4.69, 9.17) is 9.31 Å². The highest BCUT2D eigenvalue weighted by atomic mass is 16.7. The Hall–Kier alpha value is -1.33. The maximum atomic E-state index is 12.4.